The molecule has 21 heavy (non-hydrogen) atoms. The van der Waals surface area contributed by atoms with Crippen LogP contribution < -0.4 is 15.2 Å². The van der Waals surface area contributed by atoms with Gasteiger partial charge in [0.1, 0.15) is 10.6 Å². The molecular formula is C13H18N4O3S. The molecule has 114 valence electrons. The van der Waals surface area contributed by atoms with Crippen LogP contribution in [0.5, 0.6) is 5.75 Å². The first-order valence-electron chi connectivity index (χ1n) is 6.45. The fraction of sp³-hybridized carbons (Fsp3) is 0.308. The molecule has 0 aliphatic heterocycles. The van der Waals surface area contributed by atoms with Gasteiger partial charge in [-0.2, -0.15) is 5.10 Å². The van der Waals surface area contributed by atoms with Crippen LogP contribution in [-0.2, 0) is 16.6 Å². The van der Waals surface area contributed by atoms with E-state index >= 15 is 0 Å². The molecule has 0 saturated carbocycles. The van der Waals surface area contributed by atoms with Crippen LogP contribution in [0.1, 0.15) is 18.2 Å². The van der Waals surface area contributed by atoms with Crippen molar-refractivity contribution < 1.29 is 13.2 Å². The minimum Gasteiger partial charge on any atom is -0.492 e. The molecule has 1 aromatic heterocycles. The van der Waals surface area contributed by atoms with Gasteiger partial charge in [0, 0.05) is 23.5 Å². The Morgan fingerprint density at radius 1 is 1.43 bits per heavy atom. The molecule has 1 heterocycles. The summed E-state index contributed by atoms with van der Waals surface area (Å²) in [6.45, 7) is 4.12. The van der Waals surface area contributed by atoms with Crippen LogP contribution in [0.25, 0.3) is 0 Å². The summed E-state index contributed by atoms with van der Waals surface area (Å²) < 4.78 is 32.7. The molecular weight excluding hydrogens is 292 g/mol. The Hall–Kier alpha value is -2.06. The molecule has 0 aliphatic carbocycles. The fourth-order valence-electron chi connectivity index (χ4n) is 1.81. The van der Waals surface area contributed by atoms with Crippen molar-refractivity contribution in [2.75, 3.05) is 12.3 Å². The number of ether oxygens (including phenoxy) is 1. The Morgan fingerprint density at radius 2 is 2.19 bits per heavy atom. The third-order valence-corrected chi connectivity index (χ3v) is 4.37. The van der Waals surface area contributed by atoms with Crippen molar-refractivity contribution in [3.05, 3.63) is 35.7 Å². The number of sulfonamides is 1. The van der Waals surface area contributed by atoms with Gasteiger partial charge in [-0.1, -0.05) is 0 Å². The number of H-pyrrole nitrogens is 1. The van der Waals surface area contributed by atoms with Crippen molar-refractivity contribution in [1.29, 1.82) is 0 Å². The molecule has 8 heteroatoms. The summed E-state index contributed by atoms with van der Waals surface area (Å²) in [6.07, 6.45) is 1.58. The first-order chi connectivity index (χ1) is 9.94. The molecule has 4 N–H and O–H groups in total. The normalized spacial score (nSPS) is 11.5. The maximum Gasteiger partial charge on any atom is 0.244 e. The van der Waals surface area contributed by atoms with Gasteiger partial charge in [-0.25, -0.2) is 13.1 Å². The van der Waals surface area contributed by atoms with Crippen LogP contribution >= 0.6 is 0 Å². The van der Waals surface area contributed by atoms with E-state index in [1.807, 2.05) is 6.92 Å². The highest BCUT2D eigenvalue weighted by molar-refractivity contribution is 7.89. The maximum absolute atomic E-state index is 12.4. The molecule has 1 aromatic carbocycles. The van der Waals surface area contributed by atoms with Gasteiger partial charge >= 0.3 is 0 Å². The Morgan fingerprint density at radius 3 is 2.81 bits per heavy atom. The lowest BCUT2D eigenvalue weighted by Gasteiger charge is -2.12. The van der Waals surface area contributed by atoms with E-state index < -0.39 is 10.0 Å². The second kappa shape index (κ2) is 6.15. The number of nitrogens with one attached hydrogen (secondary N) is 2. The number of rotatable bonds is 6. The predicted molar refractivity (Wildman–Crippen MR) is 79.4 cm³/mol. The van der Waals surface area contributed by atoms with Gasteiger partial charge < -0.3 is 10.5 Å². The topological polar surface area (TPSA) is 110 Å². The lowest BCUT2D eigenvalue weighted by atomic mass is 10.3. The number of nitrogen functional groups attached to an aromatic ring is 1. The first kappa shape index (κ1) is 15.3. The van der Waals surface area contributed by atoms with Crippen molar-refractivity contribution in [1.82, 2.24) is 14.9 Å². The Balaban J connectivity index is 2.26. The lowest BCUT2D eigenvalue weighted by Crippen LogP contribution is -2.24. The van der Waals surface area contributed by atoms with E-state index in [4.69, 9.17) is 10.5 Å². The molecule has 0 unspecified atom stereocenters. The predicted octanol–water partition coefficient (Wildman–Crippen LogP) is 1.18. The summed E-state index contributed by atoms with van der Waals surface area (Å²) >= 11 is 0. The number of aromatic nitrogens is 2. The fourth-order valence-corrected chi connectivity index (χ4v) is 3.00. The highest BCUT2D eigenvalue weighted by atomic mass is 32.2. The summed E-state index contributed by atoms with van der Waals surface area (Å²) in [5, 5.41) is 6.61. The maximum atomic E-state index is 12.4. The van der Waals surface area contributed by atoms with E-state index in [-0.39, 0.29) is 17.2 Å². The molecule has 2 aromatic rings. The van der Waals surface area contributed by atoms with Gasteiger partial charge in [0.25, 0.3) is 0 Å². The van der Waals surface area contributed by atoms with Crippen molar-refractivity contribution >= 4 is 15.7 Å². The third kappa shape index (κ3) is 3.53. The van der Waals surface area contributed by atoms with Crippen LogP contribution in [-0.4, -0.2) is 25.2 Å². The minimum atomic E-state index is -3.73. The van der Waals surface area contributed by atoms with Gasteiger partial charge in [-0.3, -0.25) is 5.10 Å². The van der Waals surface area contributed by atoms with Crippen LogP contribution in [0.2, 0.25) is 0 Å². The zero-order valence-corrected chi connectivity index (χ0v) is 12.7. The van der Waals surface area contributed by atoms with Crippen molar-refractivity contribution in [3.63, 3.8) is 0 Å². The quantitative estimate of drug-likeness (QED) is 0.694. The van der Waals surface area contributed by atoms with E-state index in [1.165, 1.54) is 6.07 Å². The molecule has 0 aliphatic rings. The zero-order chi connectivity index (χ0) is 15.5. The van der Waals surface area contributed by atoms with Gasteiger partial charge in [-0.05, 0) is 32.0 Å². The highest BCUT2D eigenvalue weighted by Crippen LogP contribution is 2.26. The van der Waals surface area contributed by atoms with E-state index in [0.29, 0.717) is 12.3 Å². The van der Waals surface area contributed by atoms with E-state index in [0.717, 1.165) is 11.3 Å². The molecule has 0 amide bonds. The number of aromatic amines is 1. The Bertz CT molecular complexity index is 725. The average molecular weight is 310 g/mol. The molecule has 0 fully saturated rings. The first-order valence-corrected chi connectivity index (χ1v) is 7.93. The Labute approximate surface area is 123 Å². The molecule has 0 spiro atoms. The molecule has 0 radical (unpaired) electrons. The number of aryl methyl sites for hydroxylation is 1. The standard InChI is InChI=1S/C13H18N4O3S/c1-3-20-12-5-4-11(14)6-13(12)21(18,19)16-8-10-7-15-17-9(10)2/h4-7,16H,3,8,14H2,1-2H3,(H,15,17). The smallest absolute Gasteiger partial charge is 0.244 e. The van der Waals surface area contributed by atoms with Crippen LogP contribution in [0, 0.1) is 6.92 Å². The highest BCUT2D eigenvalue weighted by Gasteiger charge is 2.20. The van der Waals surface area contributed by atoms with Gasteiger partial charge in [0.05, 0.1) is 12.8 Å². The lowest BCUT2D eigenvalue weighted by molar-refractivity contribution is 0.331. The molecule has 0 saturated heterocycles. The summed E-state index contributed by atoms with van der Waals surface area (Å²) in [5.41, 5.74) is 7.63. The van der Waals surface area contributed by atoms with Crippen molar-refractivity contribution in [2.45, 2.75) is 25.3 Å². The van der Waals surface area contributed by atoms with Crippen LogP contribution in [0.15, 0.2) is 29.3 Å². The number of anilines is 1. The second-order valence-electron chi connectivity index (χ2n) is 4.48. The van der Waals surface area contributed by atoms with Crippen molar-refractivity contribution in [2.24, 2.45) is 0 Å². The van der Waals surface area contributed by atoms with Gasteiger partial charge in [-0.15, -0.1) is 0 Å². The van der Waals surface area contributed by atoms with E-state index in [1.54, 1.807) is 25.3 Å². The Kier molecular flexibility index (Phi) is 4.49. The van der Waals surface area contributed by atoms with Crippen LogP contribution in [0.4, 0.5) is 5.69 Å². The van der Waals surface area contributed by atoms with Gasteiger partial charge in [0.15, 0.2) is 0 Å². The average Bonchev–Trinajstić information content (AvgIpc) is 2.84. The zero-order valence-electron chi connectivity index (χ0n) is 11.9. The number of hydrogen-bond donors (Lipinski definition) is 3. The van der Waals surface area contributed by atoms with Crippen LogP contribution in [0.3, 0.4) is 0 Å². The third-order valence-electron chi connectivity index (χ3n) is 2.94. The molecule has 7 nitrogen and oxygen atoms in total. The molecule has 0 atom stereocenters. The summed E-state index contributed by atoms with van der Waals surface area (Å²) in [7, 11) is -3.73. The molecule has 0 bridgehead atoms. The minimum absolute atomic E-state index is 0.0329. The summed E-state index contributed by atoms with van der Waals surface area (Å²) in [5.74, 6) is 0.281. The molecule has 2 rings (SSSR count). The monoisotopic (exact) mass is 310 g/mol. The SMILES string of the molecule is CCOc1ccc(N)cc1S(=O)(=O)NCc1cn[nH]c1C. The van der Waals surface area contributed by atoms with Gasteiger partial charge in [0.2, 0.25) is 10.0 Å². The van der Waals surface area contributed by atoms with E-state index in [2.05, 4.69) is 14.9 Å². The second-order valence-corrected chi connectivity index (χ2v) is 6.22. The summed E-state index contributed by atoms with van der Waals surface area (Å²) in [6, 6.07) is 4.54. The summed E-state index contributed by atoms with van der Waals surface area (Å²) in [4.78, 5) is 0.0329. The van der Waals surface area contributed by atoms with E-state index in [9.17, 15) is 8.42 Å². The number of hydrogen-bond acceptors (Lipinski definition) is 5. The number of benzene rings is 1. The largest absolute Gasteiger partial charge is 0.492 e. The number of nitrogens with zero attached hydrogens (tertiary/aromatic N) is 1. The number of nitrogens with two attached hydrogens (primary N) is 1. The van der Waals surface area contributed by atoms with Crippen molar-refractivity contribution in [3.8, 4) is 5.75 Å².